The topological polar surface area (TPSA) is 76.7 Å². The van der Waals surface area contributed by atoms with E-state index < -0.39 is 0 Å². The van der Waals surface area contributed by atoms with Gasteiger partial charge in [-0.05, 0) is 42.8 Å². The molecule has 2 N–H and O–H groups in total. The van der Waals surface area contributed by atoms with Crippen LogP contribution in [0.4, 0.5) is 11.4 Å². The number of carbonyl (C=O) groups is 2. The number of hydrogen-bond acceptors (Lipinski definition) is 5. The molecule has 1 aliphatic heterocycles. The van der Waals surface area contributed by atoms with Gasteiger partial charge in [-0.2, -0.15) is 0 Å². The number of methoxy groups -OCH3 is 1. The number of benzene rings is 2. The van der Waals surface area contributed by atoms with Crippen molar-refractivity contribution in [2.45, 2.75) is 6.92 Å². The molecule has 1 heterocycles. The number of ketones is 1. The molecule has 0 aromatic heterocycles. The predicted octanol–water partition coefficient (Wildman–Crippen LogP) is 2.63. The average molecular weight is 326 g/mol. The molecule has 0 bridgehead atoms. The minimum absolute atomic E-state index is 0.00496. The highest BCUT2D eigenvalue weighted by molar-refractivity contribution is 6.02. The van der Waals surface area contributed by atoms with Crippen LogP contribution in [-0.4, -0.2) is 32.0 Å². The molecular formula is C18H18N2O4. The second-order valence-corrected chi connectivity index (χ2v) is 5.53. The maximum Gasteiger partial charge on any atom is 0.262 e. The third kappa shape index (κ3) is 3.32. The number of carbonyl (C=O) groups excluding carboxylic acids is 2. The van der Waals surface area contributed by atoms with Gasteiger partial charge in [0.2, 0.25) is 0 Å². The second-order valence-electron chi connectivity index (χ2n) is 5.53. The van der Waals surface area contributed by atoms with Gasteiger partial charge in [-0.3, -0.25) is 9.59 Å². The molecule has 124 valence electrons. The van der Waals surface area contributed by atoms with E-state index in [2.05, 4.69) is 10.6 Å². The third-order valence-electron chi connectivity index (χ3n) is 3.73. The number of nitrogens with one attached hydrogen (secondary N) is 2. The number of hydrogen-bond donors (Lipinski definition) is 2. The molecule has 24 heavy (non-hydrogen) atoms. The number of anilines is 2. The molecule has 3 rings (SSSR count). The van der Waals surface area contributed by atoms with Crippen LogP contribution in [0.3, 0.4) is 0 Å². The molecular weight excluding hydrogens is 308 g/mol. The van der Waals surface area contributed by atoms with E-state index in [4.69, 9.17) is 9.47 Å². The van der Waals surface area contributed by atoms with Crippen LogP contribution < -0.4 is 20.1 Å². The predicted molar refractivity (Wildman–Crippen MR) is 91.1 cm³/mol. The van der Waals surface area contributed by atoms with Crippen molar-refractivity contribution in [3.63, 3.8) is 0 Å². The normalized spacial score (nSPS) is 12.7. The summed E-state index contributed by atoms with van der Waals surface area (Å²) in [4.78, 5) is 23.8. The maximum atomic E-state index is 12.4. The summed E-state index contributed by atoms with van der Waals surface area (Å²) in [7, 11) is 1.59. The van der Waals surface area contributed by atoms with Gasteiger partial charge in [0.15, 0.2) is 12.4 Å². The zero-order chi connectivity index (χ0) is 17.1. The molecule has 0 unspecified atom stereocenters. The summed E-state index contributed by atoms with van der Waals surface area (Å²) in [6, 6.07) is 10.7. The SMILES string of the molecule is COc1ccc(C)cc1NCC(=O)c1ccc2c(c1)NC(=O)CO2. The first-order valence-corrected chi connectivity index (χ1v) is 7.55. The van der Waals surface area contributed by atoms with Gasteiger partial charge in [0, 0.05) is 5.56 Å². The molecule has 0 radical (unpaired) electrons. The van der Waals surface area contributed by atoms with E-state index >= 15 is 0 Å². The number of Topliss-reactive ketones (excluding diaryl/α,β-unsaturated/α-hetero) is 1. The summed E-state index contributed by atoms with van der Waals surface area (Å²) in [6.45, 7) is 2.08. The monoisotopic (exact) mass is 326 g/mol. The quantitative estimate of drug-likeness (QED) is 0.826. The van der Waals surface area contributed by atoms with E-state index in [9.17, 15) is 9.59 Å². The molecule has 0 saturated carbocycles. The van der Waals surface area contributed by atoms with E-state index in [1.165, 1.54) is 0 Å². The Hall–Kier alpha value is -3.02. The van der Waals surface area contributed by atoms with Crippen molar-refractivity contribution in [1.82, 2.24) is 0 Å². The number of amides is 1. The standard InChI is InChI=1S/C18H18N2O4/c1-11-3-5-16(23-2)13(7-11)19-9-15(21)12-4-6-17-14(8-12)20-18(22)10-24-17/h3-8,19H,9-10H2,1-2H3,(H,20,22). The fourth-order valence-corrected chi connectivity index (χ4v) is 2.49. The van der Waals surface area contributed by atoms with E-state index in [-0.39, 0.29) is 24.8 Å². The molecule has 6 heteroatoms. The Labute approximate surface area is 139 Å². The smallest absolute Gasteiger partial charge is 0.262 e. The molecule has 1 aliphatic rings. The summed E-state index contributed by atoms with van der Waals surface area (Å²) in [5.74, 6) is 0.926. The van der Waals surface area contributed by atoms with Crippen molar-refractivity contribution >= 4 is 23.1 Å². The van der Waals surface area contributed by atoms with Gasteiger partial charge >= 0.3 is 0 Å². The van der Waals surface area contributed by atoms with Crippen molar-refractivity contribution in [3.8, 4) is 11.5 Å². The van der Waals surface area contributed by atoms with Crippen LogP contribution in [-0.2, 0) is 4.79 Å². The van der Waals surface area contributed by atoms with Crippen LogP contribution in [0.25, 0.3) is 0 Å². The summed E-state index contributed by atoms with van der Waals surface area (Å²) in [5, 5.41) is 5.80. The lowest BCUT2D eigenvalue weighted by Crippen LogP contribution is -2.25. The van der Waals surface area contributed by atoms with E-state index in [1.807, 2.05) is 25.1 Å². The van der Waals surface area contributed by atoms with Gasteiger partial charge in [0.05, 0.1) is 25.0 Å². The van der Waals surface area contributed by atoms with Gasteiger partial charge in [0.25, 0.3) is 5.91 Å². The third-order valence-corrected chi connectivity index (χ3v) is 3.73. The number of rotatable bonds is 5. The Morgan fingerprint density at radius 2 is 2.12 bits per heavy atom. The Morgan fingerprint density at radius 3 is 2.92 bits per heavy atom. The van der Waals surface area contributed by atoms with Crippen molar-refractivity contribution in [2.24, 2.45) is 0 Å². The molecule has 0 saturated heterocycles. The van der Waals surface area contributed by atoms with Crippen LogP contribution >= 0.6 is 0 Å². The van der Waals surface area contributed by atoms with Crippen LogP contribution in [0, 0.1) is 6.92 Å². The first-order chi connectivity index (χ1) is 11.6. The van der Waals surface area contributed by atoms with Crippen LogP contribution in [0.15, 0.2) is 36.4 Å². The van der Waals surface area contributed by atoms with Crippen LogP contribution in [0.5, 0.6) is 11.5 Å². The lowest BCUT2D eigenvalue weighted by molar-refractivity contribution is -0.118. The highest BCUT2D eigenvalue weighted by Crippen LogP contribution is 2.29. The van der Waals surface area contributed by atoms with E-state index in [0.29, 0.717) is 22.7 Å². The number of aryl methyl sites for hydroxylation is 1. The summed E-state index contributed by atoms with van der Waals surface area (Å²) in [5.41, 5.74) is 2.85. The fraction of sp³-hybridized carbons (Fsp3) is 0.222. The molecule has 1 amide bonds. The molecule has 0 aliphatic carbocycles. The summed E-state index contributed by atoms with van der Waals surface area (Å²) < 4.78 is 10.6. The first kappa shape index (κ1) is 15.9. The van der Waals surface area contributed by atoms with Gasteiger partial charge < -0.3 is 20.1 Å². The highest BCUT2D eigenvalue weighted by atomic mass is 16.5. The minimum Gasteiger partial charge on any atom is -0.495 e. The van der Waals surface area contributed by atoms with Crippen LogP contribution in [0.1, 0.15) is 15.9 Å². The zero-order valence-electron chi connectivity index (χ0n) is 13.5. The van der Waals surface area contributed by atoms with Crippen LogP contribution in [0.2, 0.25) is 0 Å². The molecule has 0 atom stereocenters. The molecule has 6 nitrogen and oxygen atoms in total. The molecule has 2 aromatic rings. The minimum atomic E-state index is -0.227. The lowest BCUT2D eigenvalue weighted by atomic mass is 10.1. The summed E-state index contributed by atoms with van der Waals surface area (Å²) >= 11 is 0. The van der Waals surface area contributed by atoms with Gasteiger partial charge in [-0.25, -0.2) is 0 Å². The number of fused-ring (bicyclic) bond motifs is 1. The van der Waals surface area contributed by atoms with E-state index in [1.54, 1.807) is 25.3 Å². The average Bonchev–Trinajstić information content (AvgIpc) is 2.59. The van der Waals surface area contributed by atoms with Crippen molar-refractivity contribution in [1.29, 1.82) is 0 Å². The fourth-order valence-electron chi connectivity index (χ4n) is 2.49. The Kier molecular flexibility index (Phi) is 4.37. The Balaban J connectivity index is 1.73. The second kappa shape index (κ2) is 6.62. The van der Waals surface area contributed by atoms with Crippen molar-refractivity contribution < 1.29 is 19.1 Å². The Bertz CT molecular complexity index is 802. The first-order valence-electron chi connectivity index (χ1n) is 7.55. The Morgan fingerprint density at radius 1 is 1.29 bits per heavy atom. The van der Waals surface area contributed by atoms with Crippen molar-refractivity contribution in [3.05, 3.63) is 47.5 Å². The molecule has 2 aromatic carbocycles. The summed E-state index contributed by atoms with van der Waals surface area (Å²) in [6.07, 6.45) is 0. The zero-order valence-corrected chi connectivity index (χ0v) is 13.5. The van der Waals surface area contributed by atoms with Gasteiger partial charge in [0.1, 0.15) is 11.5 Å². The maximum absolute atomic E-state index is 12.4. The highest BCUT2D eigenvalue weighted by Gasteiger charge is 2.18. The number of ether oxygens (including phenoxy) is 2. The lowest BCUT2D eigenvalue weighted by Gasteiger charge is -2.18. The molecule has 0 fully saturated rings. The largest absolute Gasteiger partial charge is 0.495 e. The van der Waals surface area contributed by atoms with Gasteiger partial charge in [-0.1, -0.05) is 6.07 Å². The molecule has 0 spiro atoms. The van der Waals surface area contributed by atoms with E-state index in [0.717, 1.165) is 11.3 Å². The van der Waals surface area contributed by atoms with Crippen molar-refractivity contribution in [2.75, 3.05) is 30.9 Å². The van der Waals surface area contributed by atoms with Gasteiger partial charge in [-0.15, -0.1) is 0 Å².